The molecule has 1 aliphatic heterocycles. The first-order valence-corrected chi connectivity index (χ1v) is 9.14. The topological polar surface area (TPSA) is 50.5 Å². The number of piperidine rings is 1. The van der Waals surface area contributed by atoms with Gasteiger partial charge in [-0.2, -0.15) is 0 Å². The monoisotopic (exact) mass is 341 g/mol. The first kappa shape index (κ1) is 15.4. The van der Waals surface area contributed by atoms with Crippen LogP contribution in [0.15, 0.2) is 33.5 Å². The Kier molecular flexibility index (Phi) is 3.68. The van der Waals surface area contributed by atoms with Crippen molar-refractivity contribution < 1.29 is 9.21 Å². The van der Waals surface area contributed by atoms with Gasteiger partial charge in [0.05, 0.1) is 15.0 Å². The van der Waals surface area contributed by atoms with E-state index in [1.807, 2.05) is 30.0 Å². The fourth-order valence-electron chi connectivity index (χ4n) is 3.45. The van der Waals surface area contributed by atoms with Crippen LogP contribution < -0.4 is 5.63 Å². The summed E-state index contributed by atoms with van der Waals surface area (Å²) in [5.74, 6) is 0.0311. The molecule has 0 unspecified atom stereocenters. The van der Waals surface area contributed by atoms with Gasteiger partial charge in [-0.15, -0.1) is 11.3 Å². The van der Waals surface area contributed by atoms with Gasteiger partial charge in [0.1, 0.15) is 5.58 Å². The summed E-state index contributed by atoms with van der Waals surface area (Å²) in [4.78, 5) is 27.7. The van der Waals surface area contributed by atoms with Gasteiger partial charge < -0.3 is 9.32 Å². The molecule has 3 aromatic rings. The number of hydrogen-bond donors (Lipinski definition) is 0. The lowest BCUT2D eigenvalue weighted by Gasteiger charge is -2.33. The molecule has 1 fully saturated rings. The average Bonchev–Trinajstić information content (AvgIpc) is 3.02. The second-order valence-corrected chi connectivity index (χ2v) is 7.64. The molecule has 2 aromatic heterocycles. The second-order valence-electron chi connectivity index (χ2n) is 6.59. The van der Waals surface area contributed by atoms with Crippen molar-refractivity contribution in [2.24, 2.45) is 0 Å². The summed E-state index contributed by atoms with van der Waals surface area (Å²) >= 11 is 1.40. The Bertz CT molecular complexity index is 1000. The highest BCUT2D eigenvalue weighted by molar-refractivity contribution is 7.21. The zero-order chi connectivity index (χ0) is 16.8. The van der Waals surface area contributed by atoms with Crippen LogP contribution in [0, 0.1) is 6.92 Å². The lowest BCUT2D eigenvalue weighted by molar-refractivity contribution is 0.0641. The number of carbonyl (C=O) groups excluding carboxylic acids is 1. The van der Waals surface area contributed by atoms with E-state index in [1.54, 1.807) is 6.07 Å². The third-order valence-electron chi connectivity index (χ3n) is 4.81. The Morgan fingerprint density at radius 1 is 1.25 bits per heavy atom. The minimum atomic E-state index is -0.372. The van der Waals surface area contributed by atoms with E-state index in [2.05, 4.69) is 6.92 Å². The minimum Gasteiger partial charge on any atom is -0.422 e. The number of nitrogens with zero attached hydrogens (tertiary/aromatic N) is 1. The van der Waals surface area contributed by atoms with Gasteiger partial charge in [-0.05, 0) is 51.3 Å². The first-order valence-electron chi connectivity index (χ1n) is 8.32. The van der Waals surface area contributed by atoms with Gasteiger partial charge in [0.2, 0.25) is 0 Å². The number of likely N-dealkylation sites (tertiary alicyclic amines) is 1. The molecule has 4 nitrogen and oxygen atoms in total. The number of benzene rings is 1. The van der Waals surface area contributed by atoms with E-state index < -0.39 is 0 Å². The summed E-state index contributed by atoms with van der Waals surface area (Å²) in [6, 6.07) is 7.71. The number of thiophene rings is 1. The summed E-state index contributed by atoms with van der Waals surface area (Å²) in [5.41, 5.74) is 1.30. The number of fused-ring (bicyclic) bond motifs is 3. The van der Waals surface area contributed by atoms with Crippen LogP contribution in [0.5, 0.6) is 0 Å². The van der Waals surface area contributed by atoms with Crippen LogP contribution >= 0.6 is 11.3 Å². The van der Waals surface area contributed by atoms with Crippen molar-refractivity contribution in [2.75, 3.05) is 6.54 Å². The summed E-state index contributed by atoms with van der Waals surface area (Å²) in [7, 11) is 0. The smallest absolute Gasteiger partial charge is 0.345 e. The van der Waals surface area contributed by atoms with Crippen LogP contribution in [0.4, 0.5) is 0 Å². The highest BCUT2D eigenvalue weighted by Gasteiger charge is 2.26. The van der Waals surface area contributed by atoms with Crippen LogP contribution in [0.2, 0.25) is 0 Å². The minimum absolute atomic E-state index is 0.0311. The highest BCUT2D eigenvalue weighted by Crippen LogP contribution is 2.32. The summed E-state index contributed by atoms with van der Waals surface area (Å²) in [6.07, 6.45) is 3.26. The maximum Gasteiger partial charge on any atom is 0.345 e. The Hall–Kier alpha value is -2.14. The Morgan fingerprint density at radius 3 is 2.88 bits per heavy atom. The molecule has 5 heteroatoms. The lowest BCUT2D eigenvalue weighted by atomic mass is 10.0. The lowest BCUT2D eigenvalue weighted by Crippen LogP contribution is -2.41. The third-order valence-corrected chi connectivity index (χ3v) is 5.97. The summed E-state index contributed by atoms with van der Waals surface area (Å²) in [6.45, 7) is 4.89. The van der Waals surface area contributed by atoms with Gasteiger partial charge in [-0.3, -0.25) is 4.79 Å². The molecule has 0 saturated carbocycles. The van der Waals surface area contributed by atoms with Crippen LogP contribution in [-0.4, -0.2) is 23.4 Å². The normalized spacial score (nSPS) is 18.4. The fourth-order valence-corrected chi connectivity index (χ4v) is 4.58. The average molecular weight is 341 g/mol. The fraction of sp³-hybridized carbons (Fsp3) is 0.368. The Balaban J connectivity index is 1.87. The van der Waals surface area contributed by atoms with Crippen molar-refractivity contribution in [3.8, 4) is 0 Å². The molecule has 1 aliphatic rings. The van der Waals surface area contributed by atoms with Crippen molar-refractivity contribution in [1.29, 1.82) is 0 Å². The summed E-state index contributed by atoms with van der Waals surface area (Å²) in [5, 5.41) is 1.41. The molecule has 1 saturated heterocycles. The number of amides is 1. The van der Waals surface area contributed by atoms with Crippen molar-refractivity contribution >= 4 is 38.3 Å². The van der Waals surface area contributed by atoms with Crippen LogP contribution in [0.25, 0.3) is 21.1 Å². The van der Waals surface area contributed by atoms with E-state index in [1.165, 1.54) is 17.8 Å². The van der Waals surface area contributed by atoms with Crippen LogP contribution in [0.1, 0.15) is 41.4 Å². The molecule has 24 heavy (non-hydrogen) atoms. The molecular weight excluding hydrogens is 322 g/mol. The van der Waals surface area contributed by atoms with Crippen LogP contribution in [0.3, 0.4) is 0 Å². The molecule has 124 valence electrons. The Labute approximate surface area is 143 Å². The van der Waals surface area contributed by atoms with E-state index in [0.717, 1.165) is 35.0 Å². The van der Waals surface area contributed by atoms with E-state index in [-0.39, 0.29) is 17.6 Å². The molecule has 1 aromatic carbocycles. The largest absolute Gasteiger partial charge is 0.422 e. The SMILES string of the molecule is Cc1ccc2oc(=O)c3cc(C(=O)N4CCCC[C@@H]4C)sc3c2c1. The van der Waals surface area contributed by atoms with E-state index in [9.17, 15) is 9.59 Å². The molecule has 3 heterocycles. The van der Waals surface area contributed by atoms with E-state index >= 15 is 0 Å². The number of carbonyl (C=O) groups is 1. The van der Waals surface area contributed by atoms with Gasteiger partial charge in [0, 0.05) is 18.0 Å². The quantitative estimate of drug-likeness (QED) is 0.619. The molecular formula is C19H19NO3S. The Morgan fingerprint density at radius 2 is 2.08 bits per heavy atom. The maximum atomic E-state index is 12.9. The molecule has 0 aliphatic carbocycles. The molecule has 1 atom stereocenters. The molecule has 4 rings (SSSR count). The third kappa shape index (κ3) is 2.44. The number of aryl methyl sites for hydroxylation is 1. The van der Waals surface area contributed by atoms with E-state index in [4.69, 9.17) is 4.42 Å². The van der Waals surface area contributed by atoms with E-state index in [0.29, 0.717) is 15.8 Å². The van der Waals surface area contributed by atoms with Gasteiger partial charge in [-0.1, -0.05) is 11.6 Å². The maximum absolute atomic E-state index is 12.9. The van der Waals surface area contributed by atoms with Crippen molar-refractivity contribution in [3.63, 3.8) is 0 Å². The molecule has 0 N–H and O–H groups in total. The van der Waals surface area contributed by atoms with Gasteiger partial charge >= 0.3 is 5.63 Å². The predicted octanol–water partition coefficient (Wildman–Crippen LogP) is 4.33. The van der Waals surface area contributed by atoms with Crippen molar-refractivity contribution in [3.05, 3.63) is 45.1 Å². The zero-order valence-electron chi connectivity index (χ0n) is 13.8. The van der Waals surface area contributed by atoms with Crippen molar-refractivity contribution in [1.82, 2.24) is 4.90 Å². The van der Waals surface area contributed by atoms with Crippen LogP contribution in [-0.2, 0) is 0 Å². The van der Waals surface area contributed by atoms with Gasteiger partial charge in [0.25, 0.3) is 5.91 Å². The molecule has 1 amide bonds. The molecule has 0 bridgehead atoms. The standard InChI is InChI=1S/C19H19NO3S/c1-11-6-7-15-13(9-11)17-14(19(22)23-15)10-16(24-17)18(21)20-8-4-3-5-12(20)2/h6-7,9-10,12H,3-5,8H2,1-2H3/t12-/m0/s1. The predicted molar refractivity (Wildman–Crippen MR) is 97.0 cm³/mol. The first-order chi connectivity index (χ1) is 11.5. The second kappa shape index (κ2) is 5.74. The number of hydrogen-bond acceptors (Lipinski definition) is 4. The molecule has 0 radical (unpaired) electrons. The van der Waals surface area contributed by atoms with Gasteiger partial charge in [0.15, 0.2) is 0 Å². The summed E-state index contributed by atoms with van der Waals surface area (Å²) < 4.78 is 6.26. The number of rotatable bonds is 1. The molecule has 0 spiro atoms. The van der Waals surface area contributed by atoms with Gasteiger partial charge in [-0.25, -0.2) is 4.79 Å². The zero-order valence-corrected chi connectivity index (χ0v) is 14.6. The highest BCUT2D eigenvalue weighted by atomic mass is 32.1. The van der Waals surface area contributed by atoms with Crippen molar-refractivity contribution in [2.45, 2.75) is 39.2 Å².